The van der Waals surface area contributed by atoms with Gasteiger partial charge in [0.2, 0.25) is 0 Å². The Hall–Kier alpha value is -1.39. The Morgan fingerprint density at radius 2 is 2.06 bits per heavy atom. The first-order valence-electron chi connectivity index (χ1n) is 5.47. The molecule has 1 aromatic heterocycles. The quantitative estimate of drug-likeness (QED) is 0.905. The number of rotatable bonds is 4. The van der Waals surface area contributed by atoms with Gasteiger partial charge in [-0.2, -0.15) is 0 Å². The minimum Gasteiger partial charge on any atom is -0.487 e. The van der Waals surface area contributed by atoms with Crippen LogP contribution in [0.25, 0.3) is 0 Å². The highest BCUT2D eigenvalue weighted by atomic mass is 32.1. The molecule has 17 heavy (non-hydrogen) atoms. The molecule has 3 nitrogen and oxygen atoms in total. The van der Waals surface area contributed by atoms with E-state index < -0.39 is 6.10 Å². The number of thiazole rings is 1. The van der Waals surface area contributed by atoms with E-state index in [0.717, 1.165) is 22.0 Å². The zero-order chi connectivity index (χ0) is 12.3. The van der Waals surface area contributed by atoms with Crippen LogP contribution in [-0.2, 0) is 6.61 Å². The number of hydrogen-bond acceptors (Lipinski definition) is 4. The lowest BCUT2D eigenvalue weighted by Gasteiger charge is -2.07. The van der Waals surface area contributed by atoms with E-state index in [2.05, 4.69) is 4.98 Å². The summed E-state index contributed by atoms with van der Waals surface area (Å²) in [5.74, 6) is 0.792. The Morgan fingerprint density at radius 1 is 1.35 bits per heavy atom. The number of aliphatic hydroxyl groups is 1. The van der Waals surface area contributed by atoms with Gasteiger partial charge in [0.25, 0.3) is 0 Å². The second kappa shape index (κ2) is 5.29. The lowest BCUT2D eigenvalue weighted by Crippen LogP contribution is -1.96. The van der Waals surface area contributed by atoms with Crippen LogP contribution in [0.5, 0.6) is 5.75 Å². The normalized spacial score (nSPS) is 12.4. The molecule has 0 fully saturated rings. The Kier molecular flexibility index (Phi) is 3.76. The van der Waals surface area contributed by atoms with Crippen LogP contribution in [-0.4, -0.2) is 10.1 Å². The van der Waals surface area contributed by atoms with E-state index >= 15 is 0 Å². The Morgan fingerprint density at radius 3 is 2.59 bits per heavy atom. The molecular formula is C13H15NO2S. The van der Waals surface area contributed by atoms with Crippen molar-refractivity contribution < 1.29 is 9.84 Å². The van der Waals surface area contributed by atoms with Crippen molar-refractivity contribution in [3.8, 4) is 5.75 Å². The summed E-state index contributed by atoms with van der Waals surface area (Å²) in [5.41, 5.74) is 1.84. The number of aliphatic hydroxyl groups excluding tert-OH is 1. The van der Waals surface area contributed by atoms with E-state index in [1.807, 2.05) is 36.6 Å². The van der Waals surface area contributed by atoms with E-state index in [-0.39, 0.29) is 0 Å². The van der Waals surface area contributed by atoms with E-state index in [9.17, 15) is 5.11 Å². The van der Waals surface area contributed by atoms with Crippen LogP contribution in [0.2, 0.25) is 0 Å². The van der Waals surface area contributed by atoms with Crippen molar-refractivity contribution >= 4 is 11.3 Å². The lowest BCUT2D eigenvalue weighted by atomic mass is 10.1. The zero-order valence-electron chi connectivity index (χ0n) is 9.88. The molecule has 0 amide bonds. The second-order valence-electron chi connectivity index (χ2n) is 3.89. The number of ether oxygens (including phenoxy) is 1. The predicted octanol–water partition coefficient (Wildman–Crippen LogP) is 3.08. The third kappa shape index (κ3) is 3.28. The average Bonchev–Trinajstić information content (AvgIpc) is 2.73. The summed E-state index contributed by atoms with van der Waals surface area (Å²) < 4.78 is 5.60. The third-order valence-corrected chi connectivity index (χ3v) is 3.24. The Bertz CT molecular complexity index is 476. The van der Waals surface area contributed by atoms with E-state index in [1.54, 1.807) is 18.3 Å². The summed E-state index contributed by atoms with van der Waals surface area (Å²) in [6.07, 6.45) is -0.440. The molecule has 0 spiro atoms. The standard InChI is InChI=1S/C13H15NO2S/c1-9(15)11-3-5-13(6-4-11)16-7-12-8-17-10(2)14-12/h3-6,8-9,15H,7H2,1-2H3/t9-/m1/s1. The largest absolute Gasteiger partial charge is 0.487 e. The predicted molar refractivity (Wildman–Crippen MR) is 68.3 cm³/mol. The summed E-state index contributed by atoms with van der Waals surface area (Å²) >= 11 is 1.62. The van der Waals surface area contributed by atoms with Crippen LogP contribution >= 0.6 is 11.3 Å². The van der Waals surface area contributed by atoms with Gasteiger partial charge in [0.05, 0.1) is 16.8 Å². The topological polar surface area (TPSA) is 42.4 Å². The maximum atomic E-state index is 9.38. The van der Waals surface area contributed by atoms with Gasteiger partial charge in [0, 0.05) is 5.38 Å². The van der Waals surface area contributed by atoms with Crippen LogP contribution in [0.15, 0.2) is 29.6 Å². The highest BCUT2D eigenvalue weighted by molar-refractivity contribution is 7.09. The molecule has 0 radical (unpaired) electrons. The molecular weight excluding hydrogens is 234 g/mol. The van der Waals surface area contributed by atoms with Crippen LogP contribution in [0, 0.1) is 6.92 Å². The van der Waals surface area contributed by atoms with Gasteiger partial charge in [-0.1, -0.05) is 12.1 Å². The fourth-order valence-corrected chi connectivity index (χ4v) is 2.07. The summed E-state index contributed by atoms with van der Waals surface area (Å²) in [5, 5.41) is 12.4. The molecule has 90 valence electrons. The minimum atomic E-state index is -0.440. The van der Waals surface area contributed by atoms with Crippen molar-refractivity contribution in [1.82, 2.24) is 4.98 Å². The lowest BCUT2D eigenvalue weighted by molar-refractivity contribution is 0.199. The first-order chi connectivity index (χ1) is 8.15. The van der Waals surface area contributed by atoms with E-state index in [1.165, 1.54) is 0 Å². The van der Waals surface area contributed by atoms with E-state index in [4.69, 9.17) is 4.74 Å². The van der Waals surface area contributed by atoms with Crippen LogP contribution in [0.3, 0.4) is 0 Å². The molecule has 1 heterocycles. The smallest absolute Gasteiger partial charge is 0.131 e. The molecule has 0 unspecified atom stereocenters. The fourth-order valence-electron chi connectivity index (χ4n) is 1.47. The van der Waals surface area contributed by atoms with Gasteiger partial charge >= 0.3 is 0 Å². The maximum absolute atomic E-state index is 9.38. The van der Waals surface area contributed by atoms with Crippen LogP contribution < -0.4 is 4.74 Å². The Labute approximate surface area is 105 Å². The highest BCUT2D eigenvalue weighted by Crippen LogP contribution is 2.18. The van der Waals surface area contributed by atoms with E-state index in [0.29, 0.717) is 6.61 Å². The molecule has 1 atom stereocenters. The number of aryl methyl sites for hydroxylation is 1. The molecule has 0 aliphatic carbocycles. The first kappa shape index (κ1) is 12.1. The van der Waals surface area contributed by atoms with Crippen molar-refractivity contribution in [2.45, 2.75) is 26.6 Å². The number of nitrogens with zero attached hydrogens (tertiary/aromatic N) is 1. The Balaban J connectivity index is 1.95. The molecule has 1 N–H and O–H groups in total. The number of aromatic nitrogens is 1. The van der Waals surface area contributed by atoms with Gasteiger partial charge in [0.1, 0.15) is 12.4 Å². The van der Waals surface area contributed by atoms with Crippen molar-refractivity contribution in [1.29, 1.82) is 0 Å². The molecule has 0 saturated heterocycles. The van der Waals surface area contributed by atoms with Gasteiger partial charge in [0.15, 0.2) is 0 Å². The van der Waals surface area contributed by atoms with Crippen molar-refractivity contribution in [3.05, 3.63) is 45.9 Å². The fraction of sp³-hybridized carbons (Fsp3) is 0.308. The van der Waals surface area contributed by atoms with Gasteiger partial charge < -0.3 is 9.84 Å². The first-order valence-corrected chi connectivity index (χ1v) is 6.35. The zero-order valence-corrected chi connectivity index (χ0v) is 10.7. The molecule has 2 rings (SSSR count). The number of benzene rings is 1. The highest BCUT2D eigenvalue weighted by Gasteiger charge is 2.02. The monoisotopic (exact) mass is 249 g/mol. The molecule has 0 saturated carbocycles. The summed E-state index contributed by atoms with van der Waals surface area (Å²) in [6.45, 7) is 4.21. The van der Waals surface area contributed by atoms with Gasteiger partial charge in [-0.3, -0.25) is 0 Å². The summed E-state index contributed by atoms with van der Waals surface area (Å²) in [7, 11) is 0. The molecule has 4 heteroatoms. The summed E-state index contributed by atoms with van der Waals surface area (Å²) in [4.78, 5) is 4.33. The molecule has 0 aliphatic rings. The SMILES string of the molecule is Cc1nc(COc2ccc([C@@H](C)O)cc2)cs1. The molecule has 0 aliphatic heterocycles. The van der Waals surface area contributed by atoms with Crippen LogP contribution in [0.1, 0.15) is 29.3 Å². The summed E-state index contributed by atoms with van der Waals surface area (Å²) in [6, 6.07) is 7.46. The second-order valence-corrected chi connectivity index (χ2v) is 4.95. The molecule has 1 aromatic carbocycles. The minimum absolute atomic E-state index is 0.440. The van der Waals surface area contributed by atoms with Gasteiger partial charge in [-0.15, -0.1) is 11.3 Å². The maximum Gasteiger partial charge on any atom is 0.131 e. The molecule has 2 aromatic rings. The number of hydrogen-bond donors (Lipinski definition) is 1. The average molecular weight is 249 g/mol. The van der Waals surface area contributed by atoms with Crippen molar-refractivity contribution in [3.63, 3.8) is 0 Å². The third-order valence-electron chi connectivity index (χ3n) is 2.42. The van der Waals surface area contributed by atoms with Crippen LogP contribution in [0.4, 0.5) is 0 Å². The van der Waals surface area contributed by atoms with Crippen molar-refractivity contribution in [2.75, 3.05) is 0 Å². The molecule has 0 bridgehead atoms. The van der Waals surface area contributed by atoms with Crippen molar-refractivity contribution in [2.24, 2.45) is 0 Å². The van der Waals surface area contributed by atoms with Gasteiger partial charge in [-0.05, 0) is 31.5 Å². The van der Waals surface area contributed by atoms with Gasteiger partial charge in [-0.25, -0.2) is 4.98 Å².